The predicted molar refractivity (Wildman–Crippen MR) is 93.8 cm³/mol. The molecule has 0 aromatic heterocycles. The Hall–Kier alpha value is -1.21. The molecule has 148 valence electrons. The average molecular weight is 458 g/mol. The maximum atomic E-state index is 13.2. The second-order valence-electron chi connectivity index (χ2n) is 5.13. The monoisotopic (exact) mass is 456 g/mol. The van der Waals surface area contributed by atoms with Crippen molar-refractivity contribution in [1.29, 1.82) is 0 Å². The first kappa shape index (κ1) is 25.8. The van der Waals surface area contributed by atoms with Gasteiger partial charge >= 0.3 is 5.97 Å². The molecule has 8 heteroatoms. The number of rotatable bonds is 12. The van der Waals surface area contributed by atoms with Crippen molar-refractivity contribution in [2.24, 2.45) is 0 Å². The van der Waals surface area contributed by atoms with Gasteiger partial charge < -0.3 is 18.9 Å². The number of hydrogen-bond acceptors (Lipinski definition) is 7. The SMILES string of the molecule is CCOC(=O)C(OCC)C(=O)C(OCC)(OCC)C(=O)c1ccccc1.[Zr]. The van der Waals surface area contributed by atoms with Crippen LogP contribution >= 0.6 is 0 Å². The van der Waals surface area contributed by atoms with E-state index in [1.54, 1.807) is 58.0 Å². The molecule has 0 heterocycles. The summed E-state index contributed by atoms with van der Waals surface area (Å²) >= 11 is 0. The first-order chi connectivity index (χ1) is 12.5. The van der Waals surface area contributed by atoms with Gasteiger partial charge in [-0.15, -0.1) is 0 Å². The van der Waals surface area contributed by atoms with E-state index in [-0.39, 0.29) is 58.2 Å². The van der Waals surface area contributed by atoms with Gasteiger partial charge in [-0.2, -0.15) is 0 Å². The Balaban J connectivity index is 0.00000676. The summed E-state index contributed by atoms with van der Waals surface area (Å²) in [6, 6.07) is 8.14. The molecule has 0 aliphatic rings. The van der Waals surface area contributed by atoms with Crippen LogP contribution in [0.4, 0.5) is 0 Å². The van der Waals surface area contributed by atoms with E-state index in [4.69, 9.17) is 18.9 Å². The fourth-order valence-corrected chi connectivity index (χ4v) is 2.42. The van der Waals surface area contributed by atoms with Gasteiger partial charge in [-0.1, -0.05) is 30.3 Å². The van der Waals surface area contributed by atoms with Crippen LogP contribution in [0.3, 0.4) is 0 Å². The van der Waals surface area contributed by atoms with Crippen molar-refractivity contribution in [2.75, 3.05) is 26.4 Å². The molecule has 0 radical (unpaired) electrons. The molecule has 0 spiro atoms. The van der Waals surface area contributed by atoms with Gasteiger partial charge in [0, 0.05) is 51.6 Å². The maximum absolute atomic E-state index is 13.2. The molecular weight excluding hydrogens is 431 g/mol. The van der Waals surface area contributed by atoms with Crippen LogP contribution in [0.5, 0.6) is 0 Å². The number of esters is 1. The minimum absolute atomic E-state index is 0. The van der Waals surface area contributed by atoms with Gasteiger partial charge in [0.2, 0.25) is 17.7 Å². The van der Waals surface area contributed by atoms with Crippen molar-refractivity contribution in [1.82, 2.24) is 0 Å². The second kappa shape index (κ2) is 13.1. The smallest absolute Gasteiger partial charge is 0.343 e. The zero-order chi connectivity index (χ0) is 19.6. The molecule has 1 atom stereocenters. The Kier molecular flexibility index (Phi) is 12.5. The molecule has 7 nitrogen and oxygen atoms in total. The van der Waals surface area contributed by atoms with E-state index in [0.29, 0.717) is 0 Å². The van der Waals surface area contributed by atoms with Crippen molar-refractivity contribution in [2.45, 2.75) is 39.6 Å². The van der Waals surface area contributed by atoms with Crippen LogP contribution in [0.1, 0.15) is 38.1 Å². The third kappa shape index (κ3) is 6.42. The van der Waals surface area contributed by atoms with Gasteiger partial charge in [-0.25, -0.2) is 4.79 Å². The number of ketones is 2. The summed E-state index contributed by atoms with van der Waals surface area (Å²) in [5, 5.41) is 0. The molecule has 1 aromatic rings. The largest absolute Gasteiger partial charge is 0.464 e. The molecule has 0 saturated carbocycles. The fraction of sp³-hybridized carbons (Fsp3) is 0.526. The molecule has 0 aliphatic heterocycles. The van der Waals surface area contributed by atoms with Crippen LogP contribution in [-0.4, -0.2) is 55.9 Å². The van der Waals surface area contributed by atoms with E-state index >= 15 is 0 Å². The van der Waals surface area contributed by atoms with E-state index in [0.717, 1.165) is 0 Å². The summed E-state index contributed by atoms with van der Waals surface area (Å²) in [6.45, 7) is 6.67. The number of carbonyl (C=O) groups excluding carboxylic acids is 3. The fourth-order valence-electron chi connectivity index (χ4n) is 2.42. The molecule has 0 saturated heterocycles. The Bertz CT molecular complexity index is 597. The molecule has 27 heavy (non-hydrogen) atoms. The second-order valence-corrected chi connectivity index (χ2v) is 5.13. The maximum Gasteiger partial charge on any atom is 0.343 e. The summed E-state index contributed by atoms with van der Waals surface area (Å²) in [6.07, 6.45) is -1.62. The van der Waals surface area contributed by atoms with Crippen LogP contribution in [0.15, 0.2) is 30.3 Å². The van der Waals surface area contributed by atoms with Gasteiger partial charge in [0.1, 0.15) is 0 Å². The van der Waals surface area contributed by atoms with Gasteiger partial charge in [0.05, 0.1) is 6.61 Å². The topological polar surface area (TPSA) is 88.1 Å². The summed E-state index contributed by atoms with van der Waals surface area (Å²) in [5.74, 6) is -4.79. The Morgan fingerprint density at radius 1 is 0.889 bits per heavy atom. The van der Waals surface area contributed by atoms with Crippen molar-refractivity contribution in [3.05, 3.63) is 35.9 Å². The van der Waals surface area contributed by atoms with Crippen molar-refractivity contribution < 1.29 is 59.5 Å². The molecule has 0 N–H and O–H groups in total. The van der Waals surface area contributed by atoms with Gasteiger partial charge in [0.15, 0.2) is 0 Å². The molecule has 0 amide bonds. The minimum atomic E-state index is -2.28. The quantitative estimate of drug-likeness (QED) is 0.206. The molecule has 0 aliphatic carbocycles. The van der Waals surface area contributed by atoms with E-state index in [2.05, 4.69) is 0 Å². The number of benzene rings is 1. The molecule has 0 fully saturated rings. The van der Waals surface area contributed by atoms with Crippen molar-refractivity contribution >= 4 is 17.5 Å². The third-order valence-corrected chi connectivity index (χ3v) is 3.43. The molecule has 1 rings (SSSR count). The Labute approximate surface area is 178 Å². The number of ether oxygens (including phenoxy) is 4. The van der Waals surface area contributed by atoms with Crippen LogP contribution in [0.2, 0.25) is 0 Å². The average Bonchev–Trinajstić information content (AvgIpc) is 2.65. The third-order valence-electron chi connectivity index (χ3n) is 3.43. The Morgan fingerprint density at radius 3 is 1.89 bits per heavy atom. The van der Waals surface area contributed by atoms with E-state index in [9.17, 15) is 14.4 Å². The molecule has 1 unspecified atom stereocenters. The van der Waals surface area contributed by atoms with Gasteiger partial charge in [-0.3, -0.25) is 9.59 Å². The minimum Gasteiger partial charge on any atom is -0.464 e. The van der Waals surface area contributed by atoms with E-state index < -0.39 is 29.4 Å². The zero-order valence-electron chi connectivity index (χ0n) is 16.2. The summed E-state index contributed by atoms with van der Waals surface area (Å²) < 4.78 is 21.2. The molecule has 1 aromatic carbocycles. The van der Waals surface area contributed by atoms with E-state index in [1.165, 1.54) is 0 Å². The number of carbonyl (C=O) groups is 3. The first-order valence-corrected chi connectivity index (χ1v) is 8.68. The van der Waals surface area contributed by atoms with Gasteiger partial charge in [-0.05, 0) is 27.7 Å². The number of hydrogen-bond donors (Lipinski definition) is 0. The summed E-state index contributed by atoms with van der Waals surface area (Å²) in [5.41, 5.74) is 0.224. The van der Waals surface area contributed by atoms with Crippen LogP contribution in [0.25, 0.3) is 0 Å². The normalized spacial score (nSPS) is 12.0. The molecular formula is C19H26O7Zr. The standard InChI is InChI=1S/C19H26O7.Zr/c1-5-23-15(18(22)24-6-2)17(21)19(25-7-3,26-8-4)16(20)14-12-10-9-11-13-14;/h9-13,15H,5-8H2,1-4H3;. The predicted octanol–water partition coefficient (Wildman–Crippen LogP) is 2.17. The van der Waals surface area contributed by atoms with Crippen LogP contribution < -0.4 is 0 Å². The van der Waals surface area contributed by atoms with Crippen LogP contribution in [0, 0.1) is 0 Å². The molecule has 0 bridgehead atoms. The summed E-state index contributed by atoms with van der Waals surface area (Å²) in [4.78, 5) is 38.5. The van der Waals surface area contributed by atoms with Crippen molar-refractivity contribution in [3.8, 4) is 0 Å². The van der Waals surface area contributed by atoms with Crippen LogP contribution in [-0.2, 0) is 54.7 Å². The Morgan fingerprint density at radius 2 is 1.44 bits per heavy atom. The summed E-state index contributed by atoms with van der Waals surface area (Å²) in [7, 11) is 0. The van der Waals surface area contributed by atoms with Gasteiger partial charge in [0.25, 0.3) is 5.79 Å². The number of Topliss-reactive ketones (excluding diaryl/α,β-unsaturated/α-hetero) is 2. The zero-order valence-corrected chi connectivity index (χ0v) is 18.6. The first-order valence-electron chi connectivity index (χ1n) is 8.68. The van der Waals surface area contributed by atoms with E-state index in [1.807, 2.05) is 0 Å². The van der Waals surface area contributed by atoms with Crippen molar-refractivity contribution in [3.63, 3.8) is 0 Å².